The van der Waals surface area contributed by atoms with Crippen LogP contribution >= 0.6 is 12.4 Å². The molecule has 1 atom stereocenters. The van der Waals surface area contributed by atoms with Crippen molar-refractivity contribution in [2.24, 2.45) is 11.7 Å². The minimum Gasteiger partial charge on any atom is -0.328 e. The van der Waals surface area contributed by atoms with E-state index in [-0.39, 0.29) is 34.0 Å². The molecule has 0 aliphatic carbocycles. The number of piperidine rings is 1. The molecule has 0 spiro atoms. The molecule has 1 aromatic rings. The van der Waals surface area contributed by atoms with Crippen LogP contribution in [0.5, 0.6) is 0 Å². The lowest BCUT2D eigenvalue weighted by Crippen LogP contribution is -2.42. The molecule has 138 valence electrons. The molecule has 2 rings (SSSR count). The lowest BCUT2D eigenvalue weighted by Gasteiger charge is -2.33. The highest BCUT2D eigenvalue weighted by Gasteiger charge is 2.31. The molecular weight excluding hydrogens is 372 g/mol. The van der Waals surface area contributed by atoms with Crippen molar-refractivity contribution < 1.29 is 16.8 Å². The molecule has 0 amide bonds. The van der Waals surface area contributed by atoms with E-state index in [0.29, 0.717) is 19.0 Å². The predicted octanol–water partition coefficient (Wildman–Crippen LogP) is 1.65. The van der Waals surface area contributed by atoms with Crippen molar-refractivity contribution in [2.75, 3.05) is 18.8 Å². The second-order valence-corrected chi connectivity index (χ2v) is 10.2. The number of sulfone groups is 1. The van der Waals surface area contributed by atoms with Gasteiger partial charge in [0, 0.05) is 19.1 Å². The molecule has 6 nitrogen and oxygen atoms in total. The van der Waals surface area contributed by atoms with E-state index >= 15 is 0 Å². The Kier molecular flexibility index (Phi) is 7.25. The molecule has 2 N–H and O–H groups in total. The van der Waals surface area contributed by atoms with E-state index in [0.717, 1.165) is 12.8 Å². The number of halogens is 1. The summed E-state index contributed by atoms with van der Waals surface area (Å²) in [5, 5.41) is 0. The summed E-state index contributed by atoms with van der Waals surface area (Å²) in [6.45, 7) is 4.31. The Balaban J connectivity index is 0.00000288. The second-order valence-electron chi connectivity index (χ2n) is 5.98. The fourth-order valence-corrected chi connectivity index (χ4v) is 5.30. The molecule has 0 aromatic heterocycles. The fraction of sp³-hybridized carbons (Fsp3) is 0.600. The van der Waals surface area contributed by atoms with Gasteiger partial charge >= 0.3 is 0 Å². The molecule has 0 bridgehead atoms. The Bertz CT molecular complexity index is 755. The zero-order chi connectivity index (χ0) is 17.3. The third kappa shape index (κ3) is 4.49. The first-order valence-electron chi connectivity index (χ1n) is 7.77. The molecule has 1 heterocycles. The number of hydrogen-bond donors (Lipinski definition) is 1. The average molecular weight is 397 g/mol. The summed E-state index contributed by atoms with van der Waals surface area (Å²) in [7, 11) is -7.11. The standard InChI is InChI=1S/C15H24N2O4S2.ClH/c1-3-22(18,19)14-5-4-6-15(11-14)23(20,21)17-9-7-13(8-10-17)12(2)16;/h4-6,11-13H,3,7-10,16H2,1-2H3;1H. The van der Waals surface area contributed by atoms with Crippen LogP contribution in [0, 0.1) is 5.92 Å². The third-order valence-electron chi connectivity index (χ3n) is 4.42. The number of nitrogens with two attached hydrogens (primary N) is 1. The number of sulfonamides is 1. The van der Waals surface area contributed by atoms with Crippen LogP contribution in [0.1, 0.15) is 26.7 Å². The van der Waals surface area contributed by atoms with Gasteiger partial charge in [-0.25, -0.2) is 16.8 Å². The summed E-state index contributed by atoms with van der Waals surface area (Å²) in [6, 6.07) is 5.66. The molecule has 0 radical (unpaired) electrons. The normalized spacial score (nSPS) is 18.8. The smallest absolute Gasteiger partial charge is 0.243 e. The number of benzene rings is 1. The molecule has 24 heavy (non-hydrogen) atoms. The molecule has 1 fully saturated rings. The Hall–Kier alpha value is -0.670. The first kappa shape index (κ1) is 21.4. The molecule has 1 unspecified atom stereocenters. The van der Waals surface area contributed by atoms with Crippen molar-refractivity contribution in [3.63, 3.8) is 0 Å². The molecule has 1 saturated heterocycles. The second kappa shape index (κ2) is 8.14. The van der Waals surface area contributed by atoms with Crippen LogP contribution in [0.25, 0.3) is 0 Å². The number of hydrogen-bond acceptors (Lipinski definition) is 5. The largest absolute Gasteiger partial charge is 0.328 e. The van der Waals surface area contributed by atoms with Gasteiger partial charge in [-0.05, 0) is 43.9 Å². The Morgan fingerprint density at radius 3 is 2.21 bits per heavy atom. The summed E-state index contributed by atoms with van der Waals surface area (Å²) < 4.78 is 50.8. The van der Waals surface area contributed by atoms with E-state index in [1.807, 2.05) is 6.92 Å². The summed E-state index contributed by atoms with van der Waals surface area (Å²) in [4.78, 5) is 0.0813. The number of rotatable bonds is 5. The Morgan fingerprint density at radius 2 is 1.71 bits per heavy atom. The molecule has 1 aliphatic heterocycles. The predicted molar refractivity (Wildman–Crippen MR) is 96.5 cm³/mol. The van der Waals surface area contributed by atoms with E-state index < -0.39 is 19.9 Å². The lowest BCUT2D eigenvalue weighted by molar-refractivity contribution is 0.250. The highest BCUT2D eigenvalue weighted by molar-refractivity contribution is 7.91. The third-order valence-corrected chi connectivity index (χ3v) is 8.05. The van der Waals surface area contributed by atoms with Crippen LogP contribution in [0.3, 0.4) is 0 Å². The van der Waals surface area contributed by atoms with Crippen molar-refractivity contribution in [1.29, 1.82) is 0 Å². The van der Waals surface area contributed by atoms with Gasteiger partial charge in [0.05, 0.1) is 15.5 Å². The van der Waals surface area contributed by atoms with Gasteiger partial charge in [-0.1, -0.05) is 13.0 Å². The van der Waals surface area contributed by atoms with Crippen LogP contribution in [0.2, 0.25) is 0 Å². The SMILES string of the molecule is CCS(=O)(=O)c1cccc(S(=O)(=O)N2CCC(C(C)N)CC2)c1.Cl. The van der Waals surface area contributed by atoms with E-state index in [1.165, 1.54) is 35.5 Å². The van der Waals surface area contributed by atoms with Crippen LogP contribution < -0.4 is 5.73 Å². The highest BCUT2D eigenvalue weighted by atomic mass is 35.5. The molecule has 0 saturated carbocycles. The van der Waals surface area contributed by atoms with Gasteiger partial charge < -0.3 is 5.73 Å². The maximum absolute atomic E-state index is 12.7. The highest BCUT2D eigenvalue weighted by Crippen LogP contribution is 2.26. The van der Waals surface area contributed by atoms with Crippen molar-refractivity contribution in [2.45, 2.75) is 42.5 Å². The van der Waals surface area contributed by atoms with Crippen molar-refractivity contribution >= 4 is 32.3 Å². The quantitative estimate of drug-likeness (QED) is 0.815. The zero-order valence-corrected chi connectivity index (χ0v) is 16.3. The fourth-order valence-electron chi connectivity index (χ4n) is 2.79. The van der Waals surface area contributed by atoms with E-state index in [9.17, 15) is 16.8 Å². The average Bonchev–Trinajstić information content (AvgIpc) is 2.55. The van der Waals surface area contributed by atoms with Crippen molar-refractivity contribution in [3.05, 3.63) is 24.3 Å². The van der Waals surface area contributed by atoms with Gasteiger partial charge in [0.2, 0.25) is 10.0 Å². The van der Waals surface area contributed by atoms with Gasteiger partial charge in [-0.3, -0.25) is 0 Å². The number of nitrogens with zero attached hydrogens (tertiary/aromatic N) is 1. The maximum Gasteiger partial charge on any atom is 0.243 e. The monoisotopic (exact) mass is 396 g/mol. The Morgan fingerprint density at radius 1 is 1.17 bits per heavy atom. The molecule has 9 heteroatoms. The summed E-state index contributed by atoms with van der Waals surface area (Å²) >= 11 is 0. The van der Waals surface area contributed by atoms with Crippen LogP contribution in [0.15, 0.2) is 34.1 Å². The zero-order valence-electron chi connectivity index (χ0n) is 13.9. The van der Waals surface area contributed by atoms with Gasteiger partial charge in [0.15, 0.2) is 9.84 Å². The van der Waals surface area contributed by atoms with Crippen molar-refractivity contribution in [3.8, 4) is 0 Å². The topological polar surface area (TPSA) is 97.5 Å². The first-order chi connectivity index (χ1) is 10.7. The first-order valence-corrected chi connectivity index (χ1v) is 10.9. The van der Waals surface area contributed by atoms with Crippen LogP contribution in [0.4, 0.5) is 0 Å². The molecule has 1 aliphatic rings. The lowest BCUT2D eigenvalue weighted by atomic mass is 9.92. The summed E-state index contributed by atoms with van der Waals surface area (Å²) in [6.07, 6.45) is 1.45. The van der Waals surface area contributed by atoms with E-state index in [1.54, 1.807) is 0 Å². The minimum absolute atomic E-state index is 0. The Labute approximate surface area is 150 Å². The van der Waals surface area contributed by atoms with Gasteiger partial charge in [0.25, 0.3) is 0 Å². The van der Waals surface area contributed by atoms with Gasteiger partial charge in [-0.2, -0.15) is 4.31 Å². The van der Waals surface area contributed by atoms with Crippen LogP contribution in [-0.2, 0) is 19.9 Å². The van der Waals surface area contributed by atoms with E-state index in [2.05, 4.69) is 0 Å². The van der Waals surface area contributed by atoms with Gasteiger partial charge in [-0.15, -0.1) is 12.4 Å². The van der Waals surface area contributed by atoms with Crippen LogP contribution in [-0.4, -0.2) is 46.0 Å². The maximum atomic E-state index is 12.7. The van der Waals surface area contributed by atoms with E-state index in [4.69, 9.17) is 5.73 Å². The van der Waals surface area contributed by atoms with Crippen molar-refractivity contribution in [1.82, 2.24) is 4.31 Å². The minimum atomic E-state index is -3.67. The summed E-state index contributed by atoms with van der Waals surface area (Å²) in [5.74, 6) is 0.268. The van der Waals surface area contributed by atoms with Gasteiger partial charge in [0.1, 0.15) is 0 Å². The molecule has 1 aromatic carbocycles. The molecular formula is C15H25ClN2O4S2. The summed E-state index contributed by atoms with van der Waals surface area (Å²) in [5.41, 5.74) is 5.88.